The van der Waals surface area contributed by atoms with Crippen LogP contribution in [-0.2, 0) is 9.59 Å². The van der Waals surface area contributed by atoms with Crippen LogP contribution in [-0.4, -0.2) is 23.0 Å². The van der Waals surface area contributed by atoms with Crippen LogP contribution in [0.5, 0.6) is 0 Å². The first-order valence-corrected chi connectivity index (χ1v) is 9.02. The fraction of sp³-hybridized carbons (Fsp3) is 0.118. The normalized spacial score (nSPS) is 17.4. The molecule has 7 heteroatoms. The second kappa shape index (κ2) is 6.94. The van der Waals surface area contributed by atoms with E-state index in [0.29, 0.717) is 10.6 Å². The number of benzene rings is 2. The van der Waals surface area contributed by atoms with E-state index in [4.69, 9.17) is 0 Å². The molecule has 0 aliphatic carbocycles. The molecule has 2 aromatic carbocycles. The van der Waals surface area contributed by atoms with Crippen LogP contribution < -0.4 is 10.0 Å². The SMILES string of the molecule is O=C([O-])c1ccccc1S[C@@H]1CC(=O)N(c2ccc(I)cc2)C1=O. The quantitative estimate of drug-likeness (QED) is 0.525. The standard InChI is InChI=1S/C17H12INO4S/c18-10-5-7-11(8-6-10)19-15(20)9-14(16(19)21)24-13-4-2-1-3-12(13)17(22)23/h1-8,14H,9H2,(H,22,23)/p-1/t14-/m1/s1. The molecule has 2 aromatic rings. The maximum absolute atomic E-state index is 12.6. The number of rotatable bonds is 4. The van der Waals surface area contributed by atoms with Crippen LogP contribution in [0.1, 0.15) is 16.8 Å². The minimum atomic E-state index is -1.30. The van der Waals surface area contributed by atoms with E-state index in [1.54, 1.807) is 30.3 Å². The van der Waals surface area contributed by atoms with E-state index in [0.717, 1.165) is 20.2 Å². The van der Waals surface area contributed by atoms with Crippen molar-refractivity contribution in [2.45, 2.75) is 16.6 Å². The molecule has 24 heavy (non-hydrogen) atoms. The van der Waals surface area contributed by atoms with E-state index in [9.17, 15) is 19.5 Å². The van der Waals surface area contributed by atoms with Crippen LogP contribution in [0.25, 0.3) is 0 Å². The maximum atomic E-state index is 12.6. The molecular weight excluding hydrogens is 441 g/mol. The van der Waals surface area contributed by atoms with Gasteiger partial charge in [0, 0.05) is 20.4 Å². The Morgan fingerprint density at radius 2 is 1.79 bits per heavy atom. The van der Waals surface area contributed by atoms with Crippen molar-refractivity contribution in [1.82, 2.24) is 0 Å². The number of carboxylic acid groups (broad SMARTS) is 1. The number of halogens is 1. The summed E-state index contributed by atoms with van der Waals surface area (Å²) in [5, 5.41) is 10.5. The smallest absolute Gasteiger partial charge is 0.247 e. The predicted octanol–water partition coefficient (Wildman–Crippen LogP) is 2.08. The van der Waals surface area contributed by atoms with Gasteiger partial charge in [-0.15, -0.1) is 11.8 Å². The van der Waals surface area contributed by atoms with Crippen LogP contribution in [0.2, 0.25) is 0 Å². The van der Waals surface area contributed by atoms with Crippen LogP contribution in [0.3, 0.4) is 0 Å². The van der Waals surface area contributed by atoms with E-state index in [-0.39, 0.29) is 23.8 Å². The van der Waals surface area contributed by atoms with Crippen LogP contribution >= 0.6 is 34.4 Å². The van der Waals surface area contributed by atoms with Crippen molar-refractivity contribution in [3.8, 4) is 0 Å². The zero-order chi connectivity index (χ0) is 17.3. The van der Waals surface area contributed by atoms with Crippen molar-refractivity contribution in [1.29, 1.82) is 0 Å². The molecule has 0 unspecified atom stereocenters. The Kier molecular flexibility index (Phi) is 4.91. The largest absolute Gasteiger partial charge is 0.545 e. The van der Waals surface area contributed by atoms with Crippen molar-refractivity contribution in [3.63, 3.8) is 0 Å². The van der Waals surface area contributed by atoms with E-state index >= 15 is 0 Å². The van der Waals surface area contributed by atoms with Gasteiger partial charge in [0.15, 0.2) is 0 Å². The third-order valence-electron chi connectivity index (χ3n) is 3.57. The Balaban J connectivity index is 1.85. The predicted molar refractivity (Wildman–Crippen MR) is 96.7 cm³/mol. The highest BCUT2D eigenvalue weighted by atomic mass is 127. The van der Waals surface area contributed by atoms with Crippen LogP contribution in [0, 0.1) is 3.57 Å². The molecule has 0 spiro atoms. The number of amides is 2. The number of aromatic carboxylic acids is 1. The molecule has 1 atom stereocenters. The summed E-state index contributed by atoms with van der Waals surface area (Å²) < 4.78 is 1.00. The minimum absolute atomic E-state index is 0.0236. The van der Waals surface area contributed by atoms with E-state index in [1.165, 1.54) is 6.07 Å². The minimum Gasteiger partial charge on any atom is -0.545 e. The first-order chi connectivity index (χ1) is 11.5. The molecule has 0 N–H and O–H groups in total. The monoisotopic (exact) mass is 452 g/mol. The molecule has 1 aliphatic rings. The summed E-state index contributed by atoms with van der Waals surface area (Å²) >= 11 is 3.23. The molecule has 122 valence electrons. The van der Waals surface area contributed by atoms with Gasteiger partial charge < -0.3 is 9.90 Å². The van der Waals surface area contributed by atoms with Gasteiger partial charge in [-0.1, -0.05) is 18.2 Å². The fourth-order valence-electron chi connectivity index (χ4n) is 2.45. The molecule has 0 radical (unpaired) electrons. The lowest BCUT2D eigenvalue weighted by Crippen LogP contribution is -2.31. The van der Waals surface area contributed by atoms with Crippen molar-refractivity contribution in [3.05, 3.63) is 57.7 Å². The van der Waals surface area contributed by atoms with Crippen LogP contribution in [0.15, 0.2) is 53.4 Å². The van der Waals surface area contributed by atoms with Gasteiger partial charge in [0.25, 0.3) is 0 Å². The van der Waals surface area contributed by atoms with E-state index in [1.807, 2.05) is 12.1 Å². The van der Waals surface area contributed by atoms with Gasteiger partial charge in [0.1, 0.15) is 0 Å². The Hall–Kier alpha value is -1.87. The molecule has 0 aromatic heterocycles. The molecule has 1 fully saturated rings. The number of carboxylic acids is 1. The summed E-state index contributed by atoms with van der Waals surface area (Å²) in [5.74, 6) is -1.92. The zero-order valence-electron chi connectivity index (χ0n) is 12.3. The lowest BCUT2D eigenvalue weighted by molar-refractivity contribution is -0.255. The lowest BCUT2D eigenvalue weighted by atomic mass is 10.2. The van der Waals surface area contributed by atoms with Crippen molar-refractivity contribution >= 4 is 57.8 Å². The summed E-state index contributed by atoms with van der Waals surface area (Å²) in [6, 6.07) is 13.4. The van der Waals surface area contributed by atoms with Gasteiger partial charge in [0.05, 0.1) is 16.9 Å². The van der Waals surface area contributed by atoms with E-state index in [2.05, 4.69) is 22.6 Å². The summed E-state index contributed by atoms with van der Waals surface area (Å²) in [4.78, 5) is 37.6. The number of hydrogen-bond acceptors (Lipinski definition) is 5. The number of carbonyl (C=O) groups excluding carboxylic acids is 3. The third-order valence-corrected chi connectivity index (χ3v) is 5.55. The molecule has 2 amide bonds. The summed E-state index contributed by atoms with van der Waals surface area (Å²) in [7, 11) is 0. The summed E-state index contributed by atoms with van der Waals surface area (Å²) in [6.07, 6.45) is 0.0386. The first-order valence-electron chi connectivity index (χ1n) is 7.07. The number of anilines is 1. The topological polar surface area (TPSA) is 77.5 Å². The highest BCUT2D eigenvalue weighted by Crippen LogP contribution is 2.35. The Morgan fingerprint density at radius 3 is 2.46 bits per heavy atom. The van der Waals surface area contributed by atoms with Gasteiger partial charge in [-0.2, -0.15) is 0 Å². The Morgan fingerprint density at radius 1 is 1.12 bits per heavy atom. The van der Waals surface area contributed by atoms with Crippen LogP contribution in [0.4, 0.5) is 5.69 Å². The third kappa shape index (κ3) is 3.32. The average molecular weight is 452 g/mol. The second-order valence-corrected chi connectivity index (χ2v) is 7.63. The number of carbonyl (C=O) groups is 3. The van der Waals surface area contributed by atoms with Gasteiger partial charge in [-0.05, 0) is 52.9 Å². The molecule has 1 saturated heterocycles. The van der Waals surface area contributed by atoms with Crippen molar-refractivity contribution in [2.24, 2.45) is 0 Å². The summed E-state index contributed by atoms with van der Waals surface area (Å²) in [6.45, 7) is 0. The first kappa shape index (κ1) is 17.0. The van der Waals surface area contributed by atoms with Gasteiger partial charge >= 0.3 is 0 Å². The lowest BCUT2D eigenvalue weighted by Gasteiger charge is -2.16. The average Bonchev–Trinajstić information content (AvgIpc) is 2.83. The number of thioether (sulfide) groups is 1. The van der Waals surface area contributed by atoms with Gasteiger partial charge in [0.2, 0.25) is 11.8 Å². The van der Waals surface area contributed by atoms with Crippen molar-refractivity contribution < 1.29 is 19.5 Å². The maximum Gasteiger partial charge on any atom is 0.247 e. The van der Waals surface area contributed by atoms with Gasteiger partial charge in [-0.3, -0.25) is 9.59 Å². The molecule has 5 nitrogen and oxygen atoms in total. The van der Waals surface area contributed by atoms with E-state index < -0.39 is 11.2 Å². The molecular formula is C17H11INO4S-. The van der Waals surface area contributed by atoms with Crippen molar-refractivity contribution in [2.75, 3.05) is 4.90 Å². The molecule has 1 aliphatic heterocycles. The molecule has 3 rings (SSSR count). The number of imide groups is 1. The van der Waals surface area contributed by atoms with Gasteiger partial charge in [-0.25, -0.2) is 4.90 Å². The number of nitrogens with zero attached hydrogens (tertiary/aromatic N) is 1. The molecule has 1 heterocycles. The number of hydrogen-bond donors (Lipinski definition) is 0. The highest BCUT2D eigenvalue weighted by molar-refractivity contribution is 14.1. The molecule has 0 bridgehead atoms. The summed E-state index contributed by atoms with van der Waals surface area (Å²) in [5.41, 5.74) is 0.553. The molecule has 0 saturated carbocycles. The second-order valence-electron chi connectivity index (χ2n) is 5.14. The Labute approximate surface area is 156 Å². The fourth-order valence-corrected chi connectivity index (χ4v) is 3.98. The zero-order valence-corrected chi connectivity index (χ0v) is 15.2. The Bertz CT molecular complexity index is 822. The highest BCUT2D eigenvalue weighted by Gasteiger charge is 2.40.